The zero-order valence-electron chi connectivity index (χ0n) is 55.2. The van der Waals surface area contributed by atoms with Gasteiger partial charge in [-0.15, -0.1) is 0 Å². The molecule has 0 saturated heterocycles. The van der Waals surface area contributed by atoms with Crippen molar-refractivity contribution in [1.29, 1.82) is 0 Å². The summed E-state index contributed by atoms with van der Waals surface area (Å²) in [6.45, 7) is 0. The molecule has 6 nitrogen and oxygen atoms in total. The maximum Gasteiger partial charge on any atom is 0.137 e. The summed E-state index contributed by atoms with van der Waals surface area (Å²) >= 11 is 0. The molecule has 0 radical (unpaired) electrons. The highest BCUT2D eigenvalue weighted by Gasteiger charge is 2.21. The Hall–Kier alpha value is -13.7. The molecule has 0 saturated carbocycles. The van der Waals surface area contributed by atoms with Crippen LogP contribution in [0, 0.1) is 0 Å². The van der Waals surface area contributed by atoms with Gasteiger partial charge < -0.3 is 27.1 Å². The molecular weight excluding hydrogens is 1240 g/mol. The van der Waals surface area contributed by atoms with Crippen molar-refractivity contribution in [3.63, 3.8) is 0 Å². The molecule has 16 aromatic carbocycles. The first-order valence-corrected chi connectivity index (χ1v) is 34.9. The van der Waals surface area contributed by atoms with Crippen molar-refractivity contribution in [3.8, 4) is 67.3 Å². The Morgan fingerprint density at radius 3 is 0.804 bits per heavy atom. The first-order valence-electron chi connectivity index (χ1n) is 34.9. The van der Waals surface area contributed by atoms with Gasteiger partial charge in [-0.05, 0) is 178 Å². The third-order valence-electron chi connectivity index (χ3n) is 21.0. The molecule has 0 amide bonds. The van der Waals surface area contributed by atoms with Crippen LogP contribution in [0.15, 0.2) is 373 Å². The van der Waals surface area contributed by atoms with Gasteiger partial charge in [-0.2, -0.15) is 0 Å². The smallest absolute Gasteiger partial charge is 0.137 e. The van der Waals surface area contributed by atoms with E-state index in [0.29, 0.717) is 0 Å². The van der Waals surface area contributed by atoms with Crippen LogP contribution >= 0.6 is 0 Å². The Bertz CT molecular complexity index is 7120. The number of nitrogens with zero attached hydrogens (tertiary/aromatic N) is 4. The standard InChI is InChI=1S/2C48H30N2O/c1-2-11-31(12-3-1)32-13-10-14-35(27-32)49-43-18-7-4-15-37(43)41-28-33(21-25-45(41)49)34-22-26-46-42(29-34)38-16-5-8-19-44(38)50(46)36-23-24-40-39-17-6-9-20-47(39)51-48(40)30-36;1-2-10-31(11-3-1)32-18-22-35(23-19-32)49-43-15-7-4-12-37(43)41-28-33(20-26-45(41)49)34-21-27-46-42(29-34)38-13-5-8-16-44(38)50(46)36-24-25-40-39-14-6-9-17-47(39)51-48(40)30-36/h2*1-30H. The van der Waals surface area contributed by atoms with E-state index >= 15 is 0 Å². The lowest BCUT2D eigenvalue weighted by molar-refractivity contribution is 0.668. The number of hydrogen-bond donors (Lipinski definition) is 0. The molecule has 0 bridgehead atoms. The highest BCUT2D eigenvalue weighted by Crippen LogP contribution is 2.43. The largest absolute Gasteiger partial charge is 0.456 e. The Kier molecular flexibility index (Phi) is 12.9. The van der Waals surface area contributed by atoms with Crippen LogP contribution in [0.1, 0.15) is 0 Å². The zero-order valence-corrected chi connectivity index (χ0v) is 55.2. The Morgan fingerprint density at radius 1 is 0.137 bits per heavy atom. The molecule has 6 heteroatoms. The van der Waals surface area contributed by atoms with Gasteiger partial charge in [0.25, 0.3) is 0 Å². The summed E-state index contributed by atoms with van der Waals surface area (Å²) < 4.78 is 22.1. The Labute approximate surface area is 585 Å². The van der Waals surface area contributed by atoms with Crippen molar-refractivity contribution in [3.05, 3.63) is 364 Å². The number of benzene rings is 16. The molecule has 0 unspecified atom stereocenters. The molecule has 0 aliphatic heterocycles. The third-order valence-corrected chi connectivity index (χ3v) is 21.0. The molecule has 0 aliphatic rings. The minimum absolute atomic E-state index is 0.899. The molecule has 0 spiro atoms. The summed E-state index contributed by atoms with van der Waals surface area (Å²) in [7, 11) is 0. The average Bonchev–Trinajstić information content (AvgIpc) is 1.54. The topological polar surface area (TPSA) is 46.0 Å². The molecule has 6 aromatic heterocycles. The maximum atomic E-state index is 6.30. The molecule has 22 rings (SSSR count). The normalized spacial score (nSPS) is 11.9. The zero-order chi connectivity index (χ0) is 66.9. The van der Waals surface area contributed by atoms with Crippen LogP contribution in [0.25, 0.3) is 198 Å². The first-order chi connectivity index (χ1) is 50.6. The average molecular weight is 1300 g/mol. The Balaban J connectivity index is 0.000000133. The molecule has 102 heavy (non-hydrogen) atoms. The van der Waals surface area contributed by atoms with E-state index in [0.717, 1.165) is 66.6 Å². The quantitative estimate of drug-likeness (QED) is 0.152. The van der Waals surface area contributed by atoms with Gasteiger partial charge in [-0.3, -0.25) is 0 Å². The van der Waals surface area contributed by atoms with Crippen molar-refractivity contribution in [2.75, 3.05) is 0 Å². The van der Waals surface area contributed by atoms with Gasteiger partial charge in [-0.25, -0.2) is 0 Å². The summed E-state index contributed by atoms with van der Waals surface area (Å²) in [5.74, 6) is 0. The summed E-state index contributed by atoms with van der Waals surface area (Å²) in [4.78, 5) is 0. The molecule has 0 fully saturated rings. The van der Waals surface area contributed by atoms with Crippen molar-refractivity contribution >= 4 is 131 Å². The van der Waals surface area contributed by atoms with Crippen LogP contribution in [0.5, 0.6) is 0 Å². The van der Waals surface area contributed by atoms with Gasteiger partial charge in [0.05, 0.1) is 44.1 Å². The van der Waals surface area contributed by atoms with Crippen LogP contribution in [0.2, 0.25) is 0 Å². The fourth-order valence-electron chi connectivity index (χ4n) is 16.3. The second kappa shape index (κ2) is 23.0. The molecule has 22 aromatic rings. The van der Waals surface area contributed by atoms with Crippen LogP contribution in [-0.2, 0) is 0 Å². The van der Waals surface area contributed by atoms with Crippen molar-refractivity contribution < 1.29 is 8.83 Å². The third kappa shape index (κ3) is 9.13. The summed E-state index contributed by atoms with van der Waals surface area (Å²) in [5, 5.41) is 14.5. The summed E-state index contributed by atoms with van der Waals surface area (Å²) in [6, 6.07) is 131. The van der Waals surface area contributed by atoms with Crippen LogP contribution in [-0.4, -0.2) is 18.3 Å². The molecule has 476 valence electrons. The monoisotopic (exact) mass is 1300 g/mol. The van der Waals surface area contributed by atoms with Crippen LogP contribution in [0.4, 0.5) is 0 Å². The van der Waals surface area contributed by atoms with E-state index in [1.165, 1.54) is 132 Å². The molecule has 0 N–H and O–H groups in total. The fourth-order valence-corrected chi connectivity index (χ4v) is 16.3. The Morgan fingerprint density at radius 2 is 0.402 bits per heavy atom. The SMILES string of the molecule is c1ccc(-c2ccc(-n3c4ccccc4c4cc(-c5ccc6c(c5)c5ccccc5n6-c5ccc6c(c5)oc5ccccc56)ccc43)cc2)cc1.c1ccc(-c2cccc(-n3c4ccccc4c4cc(-c5ccc6c(c5)c5ccccc5n6-c5ccc6c(c5)oc5ccccc56)ccc43)c2)cc1. The van der Waals surface area contributed by atoms with Crippen molar-refractivity contribution in [2.45, 2.75) is 0 Å². The number of aromatic nitrogens is 4. The minimum Gasteiger partial charge on any atom is -0.456 e. The fraction of sp³-hybridized carbons (Fsp3) is 0. The van der Waals surface area contributed by atoms with Gasteiger partial charge in [0.1, 0.15) is 22.3 Å². The van der Waals surface area contributed by atoms with E-state index in [4.69, 9.17) is 8.83 Å². The van der Waals surface area contributed by atoms with Gasteiger partial charge in [0, 0.05) is 99.5 Å². The van der Waals surface area contributed by atoms with Gasteiger partial charge >= 0.3 is 0 Å². The highest BCUT2D eigenvalue weighted by atomic mass is 16.3. The van der Waals surface area contributed by atoms with Gasteiger partial charge in [0.2, 0.25) is 0 Å². The highest BCUT2D eigenvalue weighted by molar-refractivity contribution is 6.16. The van der Waals surface area contributed by atoms with E-state index in [9.17, 15) is 0 Å². The van der Waals surface area contributed by atoms with Gasteiger partial charge in [-0.1, -0.05) is 218 Å². The predicted molar refractivity (Wildman–Crippen MR) is 427 cm³/mol. The molecule has 6 heterocycles. The number of hydrogen-bond acceptors (Lipinski definition) is 2. The minimum atomic E-state index is 0.899. The van der Waals surface area contributed by atoms with Crippen molar-refractivity contribution in [1.82, 2.24) is 18.3 Å². The van der Waals surface area contributed by atoms with E-state index in [-0.39, 0.29) is 0 Å². The summed E-state index contributed by atoms with van der Waals surface area (Å²) in [6.07, 6.45) is 0. The van der Waals surface area contributed by atoms with Crippen LogP contribution in [0.3, 0.4) is 0 Å². The predicted octanol–water partition coefficient (Wildman–Crippen LogP) is 26.2. The number of rotatable bonds is 8. The maximum absolute atomic E-state index is 6.30. The number of fused-ring (bicyclic) bond motifs is 18. The van der Waals surface area contributed by atoms with E-state index in [2.05, 4.69) is 358 Å². The summed E-state index contributed by atoms with van der Waals surface area (Å²) in [5.41, 5.74) is 27.3. The number of furan rings is 2. The molecule has 0 atom stereocenters. The van der Waals surface area contributed by atoms with Crippen LogP contribution < -0.4 is 0 Å². The lowest BCUT2D eigenvalue weighted by atomic mass is 10.0. The molecule has 0 aliphatic carbocycles. The van der Waals surface area contributed by atoms with E-state index in [1.54, 1.807) is 0 Å². The first kappa shape index (κ1) is 57.4. The van der Waals surface area contributed by atoms with Gasteiger partial charge in [0.15, 0.2) is 0 Å². The lowest BCUT2D eigenvalue weighted by Gasteiger charge is -2.11. The molecular formula is C96H60N4O2. The second-order valence-electron chi connectivity index (χ2n) is 26.7. The second-order valence-corrected chi connectivity index (χ2v) is 26.7. The van der Waals surface area contributed by atoms with E-state index in [1.807, 2.05) is 24.3 Å². The lowest BCUT2D eigenvalue weighted by Crippen LogP contribution is -1.94. The number of para-hydroxylation sites is 6. The van der Waals surface area contributed by atoms with Crippen molar-refractivity contribution in [2.24, 2.45) is 0 Å². The van der Waals surface area contributed by atoms with E-state index < -0.39 is 0 Å².